The summed E-state index contributed by atoms with van der Waals surface area (Å²) in [6, 6.07) is 18.0. The minimum Gasteiger partial charge on any atom is -0.459 e. The highest BCUT2D eigenvalue weighted by Gasteiger charge is 2.23. The maximum Gasteiger partial charge on any atom is 0.338 e. The van der Waals surface area contributed by atoms with Gasteiger partial charge in [-0.1, -0.05) is 51.1 Å². The Morgan fingerprint density at radius 1 is 1.00 bits per heavy atom. The normalized spacial score (nSPS) is 14.4. The van der Waals surface area contributed by atoms with Crippen molar-refractivity contribution < 1.29 is 9.53 Å². The van der Waals surface area contributed by atoms with Gasteiger partial charge in [0.1, 0.15) is 6.10 Å². The van der Waals surface area contributed by atoms with Gasteiger partial charge in [-0.05, 0) is 36.2 Å². The summed E-state index contributed by atoms with van der Waals surface area (Å²) in [5.74, 6) is -0.212. The minimum atomic E-state index is -0.212. The first-order chi connectivity index (χ1) is 12.3. The van der Waals surface area contributed by atoms with Crippen LogP contribution in [0.3, 0.4) is 0 Å². The average Bonchev–Trinajstić information content (AvgIpc) is 2.71. The molecule has 1 saturated heterocycles. The Morgan fingerprint density at radius 3 is 2.16 bits per heavy atom. The van der Waals surface area contributed by atoms with E-state index in [1.165, 1.54) is 11.3 Å². The molecule has 3 heteroatoms. The van der Waals surface area contributed by atoms with Crippen LogP contribution in [0.4, 0.5) is 5.69 Å². The molecule has 0 bridgehead atoms. The van der Waals surface area contributed by atoms with Gasteiger partial charge in [-0.3, -0.25) is 0 Å². The number of nitrogens with zero attached hydrogens (tertiary/aromatic N) is 1. The van der Waals surface area contributed by atoms with E-state index in [1.807, 2.05) is 32.0 Å². The van der Waals surface area contributed by atoms with Crippen molar-refractivity contribution in [2.75, 3.05) is 18.0 Å². The van der Waals surface area contributed by atoms with Gasteiger partial charge in [-0.15, -0.1) is 0 Å². The predicted octanol–water partition coefficient (Wildman–Crippen LogP) is 5.10. The standard InChI is InChI=1S/C20H23NO2.C2H6/c1-2-16-8-10-18(11-9-16)21-14-12-19(13-15-21)23-20(22)17-6-4-3-5-7-17;1-2/h3-11,19H,2,12-15H2,1H3;1-2H3. The first kappa shape index (κ1) is 19.0. The zero-order valence-corrected chi connectivity index (χ0v) is 15.6. The molecule has 0 saturated carbocycles. The van der Waals surface area contributed by atoms with E-state index in [2.05, 4.69) is 36.1 Å². The van der Waals surface area contributed by atoms with Crippen molar-refractivity contribution in [1.82, 2.24) is 0 Å². The van der Waals surface area contributed by atoms with Gasteiger partial charge in [0.25, 0.3) is 0 Å². The number of hydrogen-bond acceptors (Lipinski definition) is 3. The van der Waals surface area contributed by atoms with E-state index >= 15 is 0 Å². The second kappa shape index (κ2) is 9.87. The van der Waals surface area contributed by atoms with E-state index in [9.17, 15) is 4.79 Å². The fraction of sp³-hybridized carbons (Fsp3) is 0.409. The van der Waals surface area contributed by atoms with Crippen LogP contribution in [0.5, 0.6) is 0 Å². The van der Waals surface area contributed by atoms with Crippen molar-refractivity contribution in [3.05, 3.63) is 65.7 Å². The maximum absolute atomic E-state index is 12.1. The van der Waals surface area contributed by atoms with Crippen LogP contribution in [0.15, 0.2) is 54.6 Å². The Hall–Kier alpha value is -2.29. The largest absolute Gasteiger partial charge is 0.459 e. The number of ether oxygens (including phenoxy) is 1. The van der Waals surface area contributed by atoms with Gasteiger partial charge < -0.3 is 9.64 Å². The number of carbonyl (C=O) groups excluding carboxylic acids is 1. The van der Waals surface area contributed by atoms with Crippen molar-refractivity contribution >= 4 is 11.7 Å². The van der Waals surface area contributed by atoms with Crippen LogP contribution in [-0.4, -0.2) is 25.2 Å². The second-order valence-corrected chi connectivity index (χ2v) is 5.98. The monoisotopic (exact) mass is 339 g/mol. The van der Waals surface area contributed by atoms with Crippen LogP contribution in [0.1, 0.15) is 49.5 Å². The first-order valence-electron chi connectivity index (χ1n) is 9.36. The van der Waals surface area contributed by atoms with Gasteiger partial charge in [0.2, 0.25) is 0 Å². The number of aryl methyl sites for hydroxylation is 1. The third-order valence-corrected chi connectivity index (χ3v) is 4.43. The topological polar surface area (TPSA) is 29.5 Å². The lowest BCUT2D eigenvalue weighted by atomic mass is 10.1. The Bertz CT molecular complexity index is 629. The molecule has 0 amide bonds. The maximum atomic E-state index is 12.1. The van der Waals surface area contributed by atoms with Crippen LogP contribution in [-0.2, 0) is 11.2 Å². The second-order valence-electron chi connectivity index (χ2n) is 5.98. The molecule has 1 fully saturated rings. The molecule has 1 heterocycles. The van der Waals surface area contributed by atoms with E-state index < -0.39 is 0 Å². The molecule has 0 aliphatic carbocycles. The summed E-state index contributed by atoms with van der Waals surface area (Å²) in [6.07, 6.45) is 2.86. The molecule has 3 nitrogen and oxygen atoms in total. The molecule has 0 radical (unpaired) electrons. The van der Waals surface area contributed by atoms with Crippen molar-refractivity contribution in [3.8, 4) is 0 Å². The quantitative estimate of drug-likeness (QED) is 0.726. The van der Waals surface area contributed by atoms with E-state index in [0.29, 0.717) is 5.56 Å². The van der Waals surface area contributed by atoms with Gasteiger partial charge in [0, 0.05) is 31.6 Å². The fourth-order valence-corrected chi connectivity index (χ4v) is 2.97. The Morgan fingerprint density at radius 2 is 1.60 bits per heavy atom. The molecule has 134 valence electrons. The summed E-state index contributed by atoms with van der Waals surface area (Å²) >= 11 is 0. The van der Waals surface area contributed by atoms with E-state index in [0.717, 1.165) is 32.4 Å². The highest BCUT2D eigenvalue weighted by Crippen LogP contribution is 2.22. The molecule has 0 unspecified atom stereocenters. The van der Waals surface area contributed by atoms with Gasteiger partial charge in [0.05, 0.1) is 5.56 Å². The number of esters is 1. The lowest BCUT2D eigenvalue weighted by molar-refractivity contribution is 0.0245. The van der Waals surface area contributed by atoms with Crippen molar-refractivity contribution in [2.45, 2.75) is 46.1 Å². The summed E-state index contributed by atoms with van der Waals surface area (Å²) in [4.78, 5) is 14.5. The molecular weight excluding hydrogens is 310 g/mol. The van der Waals surface area contributed by atoms with E-state index in [4.69, 9.17) is 4.74 Å². The molecule has 1 aliphatic rings. The summed E-state index contributed by atoms with van der Waals surface area (Å²) in [7, 11) is 0. The molecule has 0 N–H and O–H groups in total. The molecule has 0 aromatic heterocycles. The van der Waals surface area contributed by atoms with Crippen LogP contribution in [0, 0.1) is 0 Å². The SMILES string of the molecule is CC.CCc1ccc(N2CCC(OC(=O)c3ccccc3)CC2)cc1. The lowest BCUT2D eigenvalue weighted by Gasteiger charge is -2.33. The molecule has 2 aromatic rings. The number of anilines is 1. The summed E-state index contributed by atoms with van der Waals surface area (Å²) < 4.78 is 5.63. The third kappa shape index (κ3) is 5.35. The minimum absolute atomic E-state index is 0.0221. The highest BCUT2D eigenvalue weighted by molar-refractivity contribution is 5.89. The molecule has 3 rings (SSSR count). The number of benzene rings is 2. The Balaban J connectivity index is 0.00000109. The van der Waals surface area contributed by atoms with Gasteiger partial charge in [-0.25, -0.2) is 4.79 Å². The number of piperidine rings is 1. The molecule has 0 spiro atoms. The number of hydrogen-bond donors (Lipinski definition) is 0. The number of rotatable bonds is 4. The van der Waals surface area contributed by atoms with Crippen LogP contribution in [0.25, 0.3) is 0 Å². The molecule has 2 aromatic carbocycles. The smallest absolute Gasteiger partial charge is 0.338 e. The summed E-state index contributed by atoms with van der Waals surface area (Å²) in [5.41, 5.74) is 3.25. The molecule has 25 heavy (non-hydrogen) atoms. The average molecular weight is 339 g/mol. The van der Waals surface area contributed by atoms with E-state index in [-0.39, 0.29) is 12.1 Å². The van der Waals surface area contributed by atoms with Gasteiger partial charge in [0.15, 0.2) is 0 Å². The van der Waals surface area contributed by atoms with Gasteiger partial charge >= 0.3 is 5.97 Å². The summed E-state index contributed by atoms with van der Waals surface area (Å²) in [5, 5.41) is 0. The van der Waals surface area contributed by atoms with Crippen molar-refractivity contribution in [3.63, 3.8) is 0 Å². The number of carbonyl (C=O) groups is 1. The lowest BCUT2D eigenvalue weighted by Crippen LogP contribution is -2.37. The highest BCUT2D eigenvalue weighted by atomic mass is 16.5. The van der Waals surface area contributed by atoms with Crippen LogP contribution >= 0.6 is 0 Å². The summed E-state index contributed by atoms with van der Waals surface area (Å²) in [6.45, 7) is 8.03. The van der Waals surface area contributed by atoms with Gasteiger partial charge in [-0.2, -0.15) is 0 Å². The Labute approximate surface area is 151 Å². The zero-order chi connectivity index (χ0) is 18.1. The predicted molar refractivity (Wildman–Crippen MR) is 104 cm³/mol. The third-order valence-electron chi connectivity index (χ3n) is 4.43. The zero-order valence-electron chi connectivity index (χ0n) is 15.6. The van der Waals surface area contributed by atoms with Crippen LogP contribution in [0.2, 0.25) is 0 Å². The Kier molecular flexibility index (Phi) is 7.52. The van der Waals surface area contributed by atoms with Crippen molar-refractivity contribution in [1.29, 1.82) is 0 Å². The molecular formula is C22H29NO2. The first-order valence-corrected chi connectivity index (χ1v) is 9.36. The molecule has 1 aliphatic heterocycles. The van der Waals surface area contributed by atoms with E-state index in [1.54, 1.807) is 12.1 Å². The molecule has 0 atom stereocenters. The van der Waals surface area contributed by atoms with Crippen molar-refractivity contribution in [2.24, 2.45) is 0 Å². The van der Waals surface area contributed by atoms with Crippen LogP contribution < -0.4 is 4.90 Å². The fourth-order valence-electron chi connectivity index (χ4n) is 2.97.